The molecule has 0 bridgehead atoms. The second-order valence-corrected chi connectivity index (χ2v) is 10.7. The highest BCUT2D eigenvalue weighted by Gasteiger charge is 2.37. The van der Waals surface area contributed by atoms with Crippen LogP contribution in [0.5, 0.6) is 5.75 Å². The highest BCUT2D eigenvalue weighted by Crippen LogP contribution is 2.48. The average Bonchev–Trinajstić information content (AvgIpc) is 2.78. The molecule has 0 unspecified atom stereocenters. The summed E-state index contributed by atoms with van der Waals surface area (Å²) in [5, 5.41) is 9.14. The van der Waals surface area contributed by atoms with Gasteiger partial charge in [-0.25, -0.2) is 4.79 Å². The minimum atomic E-state index is -0.903. The number of unbranched alkanes of at least 4 members (excludes halogenated alkanes) is 4. The van der Waals surface area contributed by atoms with Crippen molar-refractivity contribution >= 4 is 18.1 Å². The third-order valence-electron chi connectivity index (χ3n) is 7.10. The van der Waals surface area contributed by atoms with Crippen molar-refractivity contribution in [2.45, 2.75) is 90.4 Å². The zero-order chi connectivity index (χ0) is 24.1. The predicted octanol–water partition coefficient (Wildman–Crippen LogP) is 8.25. The first-order chi connectivity index (χ1) is 15.6. The first kappa shape index (κ1) is 25.1. The van der Waals surface area contributed by atoms with Crippen molar-refractivity contribution in [3.8, 4) is 5.75 Å². The van der Waals surface area contributed by atoms with Gasteiger partial charge >= 0.3 is 5.97 Å². The van der Waals surface area contributed by atoms with E-state index in [1.54, 1.807) is 12.1 Å². The number of rotatable bonds is 10. The summed E-state index contributed by atoms with van der Waals surface area (Å²) in [4.78, 5) is 11.1. The number of ether oxygens (including phenoxy) is 1. The third kappa shape index (κ3) is 6.28. The quantitative estimate of drug-likeness (QED) is 0.294. The van der Waals surface area contributed by atoms with Crippen LogP contribution in [0.4, 0.5) is 0 Å². The Labute approximate surface area is 199 Å². The lowest BCUT2D eigenvalue weighted by atomic mass is 9.63. The fourth-order valence-corrected chi connectivity index (χ4v) is 4.68. The summed E-state index contributed by atoms with van der Waals surface area (Å²) in [6.07, 6.45) is 12.6. The van der Waals surface area contributed by atoms with Crippen molar-refractivity contribution in [2.24, 2.45) is 0 Å². The van der Waals surface area contributed by atoms with E-state index in [2.05, 4.69) is 52.8 Å². The summed E-state index contributed by atoms with van der Waals surface area (Å²) in [5.74, 6) is 0.0492. The Morgan fingerprint density at radius 3 is 2.12 bits per heavy atom. The Morgan fingerprint density at radius 1 is 0.909 bits per heavy atom. The maximum Gasteiger partial charge on any atom is 0.335 e. The zero-order valence-electron chi connectivity index (χ0n) is 21.0. The Balaban J connectivity index is 1.91. The van der Waals surface area contributed by atoms with Crippen molar-refractivity contribution < 1.29 is 14.6 Å². The summed E-state index contributed by atoms with van der Waals surface area (Å²) >= 11 is 0. The second-order valence-electron chi connectivity index (χ2n) is 10.7. The van der Waals surface area contributed by atoms with Crippen LogP contribution in [0.1, 0.15) is 112 Å². The molecule has 0 heterocycles. The van der Waals surface area contributed by atoms with Crippen LogP contribution in [0.15, 0.2) is 36.4 Å². The van der Waals surface area contributed by atoms with Crippen molar-refractivity contribution in [1.82, 2.24) is 0 Å². The Morgan fingerprint density at radius 2 is 1.52 bits per heavy atom. The molecular formula is C30H40O3. The van der Waals surface area contributed by atoms with Crippen molar-refractivity contribution in [3.05, 3.63) is 64.2 Å². The standard InChI is InChI=1S/C30H40O3/c1-6-7-8-9-10-19-33-27-21-26-25(29(2,3)17-18-30(26,4)5)20-24(27)16-13-22-11-14-23(15-12-22)28(31)32/h11-16,20-21H,6-10,17-19H2,1-5H3,(H,31,32). The number of aromatic carboxylic acids is 1. The number of hydrogen-bond acceptors (Lipinski definition) is 2. The van der Waals surface area contributed by atoms with Gasteiger partial charge in [-0.2, -0.15) is 0 Å². The number of carboxylic acid groups (broad SMARTS) is 1. The molecule has 33 heavy (non-hydrogen) atoms. The summed E-state index contributed by atoms with van der Waals surface area (Å²) in [6.45, 7) is 12.3. The lowest BCUT2D eigenvalue weighted by Gasteiger charge is -2.42. The first-order valence-corrected chi connectivity index (χ1v) is 12.5. The van der Waals surface area contributed by atoms with Gasteiger partial charge in [-0.3, -0.25) is 0 Å². The van der Waals surface area contributed by atoms with Crippen LogP contribution < -0.4 is 4.74 Å². The third-order valence-corrected chi connectivity index (χ3v) is 7.10. The predicted molar refractivity (Wildman–Crippen MR) is 138 cm³/mol. The van der Waals surface area contributed by atoms with Gasteiger partial charge in [-0.1, -0.05) is 84.6 Å². The molecule has 2 aromatic rings. The summed E-state index contributed by atoms with van der Waals surface area (Å²) < 4.78 is 6.35. The van der Waals surface area contributed by atoms with Gasteiger partial charge in [0, 0.05) is 5.56 Å². The second kappa shape index (κ2) is 10.6. The fraction of sp³-hybridized carbons (Fsp3) is 0.500. The fourth-order valence-electron chi connectivity index (χ4n) is 4.68. The molecule has 1 N–H and O–H groups in total. The van der Waals surface area contributed by atoms with E-state index in [1.807, 2.05) is 18.2 Å². The largest absolute Gasteiger partial charge is 0.493 e. The molecule has 0 amide bonds. The van der Waals surface area contributed by atoms with Crippen LogP contribution in [0.3, 0.4) is 0 Å². The van der Waals surface area contributed by atoms with Gasteiger partial charge < -0.3 is 9.84 Å². The van der Waals surface area contributed by atoms with Gasteiger partial charge in [0.25, 0.3) is 0 Å². The molecule has 1 aliphatic carbocycles. The molecule has 0 atom stereocenters. The van der Waals surface area contributed by atoms with Crippen LogP contribution in [-0.2, 0) is 10.8 Å². The van der Waals surface area contributed by atoms with Gasteiger partial charge in [0.15, 0.2) is 0 Å². The van der Waals surface area contributed by atoms with E-state index in [1.165, 1.54) is 49.7 Å². The minimum Gasteiger partial charge on any atom is -0.493 e. The van der Waals surface area contributed by atoms with Gasteiger partial charge in [0.05, 0.1) is 12.2 Å². The maximum absolute atomic E-state index is 11.1. The number of benzene rings is 2. The zero-order valence-corrected chi connectivity index (χ0v) is 21.0. The van der Waals surface area contributed by atoms with E-state index in [4.69, 9.17) is 9.84 Å². The average molecular weight is 449 g/mol. The van der Waals surface area contributed by atoms with Crippen LogP contribution in [0.2, 0.25) is 0 Å². The van der Waals surface area contributed by atoms with E-state index in [0.29, 0.717) is 5.56 Å². The lowest BCUT2D eigenvalue weighted by Crippen LogP contribution is -2.34. The van der Waals surface area contributed by atoms with Crippen LogP contribution in [0.25, 0.3) is 12.2 Å². The molecule has 0 aromatic heterocycles. The normalized spacial score (nSPS) is 16.5. The van der Waals surface area contributed by atoms with Gasteiger partial charge in [-0.15, -0.1) is 0 Å². The van der Waals surface area contributed by atoms with Crippen molar-refractivity contribution in [3.63, 3.8) is 0 Å². The van der Waals surface area contributed by atoms with Gasteiger partial charge in [0.2, 0.25) is 0 Å². The molecule has 0 spiro atoms. The summed E-state index contributed by atoms with van der Waals surface area (Å²) in [7, 11) is 0. The number of fused-ring (bicyclic) bond motifs is 1. The smallest absolute Gasteiger partial charge is 0.335 e. The number of carboxylic acids is 1. The Kier molecular flexibility index (Phi) is 8.05. The van der Waals surface area contributed by atoms with Crippen molar-refractivity contribution in [1.29, 1.82) is 0 Å². The molecule has 0 saturated heterocycles. The highest BCUT2D eigenvalue weighted by atomic mass is 16.5. The molecule has 3 nitrogen and oxygen atoms in total. The lowest BCUT2D eigenvalue weighted by molar-refractivity contribution is 0.0697. The molecule has 0 aliphatic heterocycles. The van der Waals surface area contributed by atoms with Crippen LogP contribution in [-0.4, -0.2) is 17.7 Å². The van der Waals surface area contributed by atoms with Crippen LogP contribution >= 0.6 is 0 Å². The molecule has 3 heteroatoms. The van der Waals surface area contributed by atoms with Gasteiger partial charge in [-0.05, 0) is 71.0 Å². The van der Waals surface area contributed by atoms with E-state index in [0.717, 1.165) is 29.9 Å². The molecule has 3 rings (SSSR count). The van der Waals surface area contributed by atoms with Crippen LogP contribution in [0, 0.1) is 0 Å². The topological polar surface area (TPSA) is 46.5 Å². The molecular weight excluding hydrogens is 408 g/mol. The molecule has 2 aromatic carbocycles. The van der Waals surface area contributed by atoms with E-state index >= 15 is 0 Å². The van der Waals surface area contributed by atoms with Gasteiger partial charge in [0.1, 0.15) is 5.75 Å². The minimum absolute atomic E-state index is 0.134. The maximum atomic E-state index is 11.1. The Hall–Kier alpha value is -2.55. The molecule has 0 fully saturated rings. The van der Waals surface area contributed by atoms with E-state index in [9.17, 15) is 4.79 Å². The van der Waals surface area contributed by atoms with E-state index < -0.39 is 5.97 Å². The SMILES string of the molecule is CCCCCCCOc1cc2c(cc1C=Cc1ccc(C(=O)O)cc1)C(C)(C)CCC2(C)C. The number of hydrogen-bond donors (Lipinski definition) is 1. The molecule has 178 valence electrons. The highest BCUT2D eigenvalue weighted by molar-refractivity contribution is 5.88. The molecule has 0 radical (unpaired) electrons. The Bertz CT molecular complexity index is 980. The molecule has 1 aliphatic rings. The summed E-state index contributed by atoms with van der Waals surface area (Å²) in [5.41, 5.74) is 5.46. The number of carbonyl (C=O) groups is 1. The molecule has 0 saturated carbocycles. The summed E-state index contributed by atoms with van der Waals surface area (Å²) in [6, 6.07) is 11.6. The monoisotopic (exact) mass is 448 g/mol. The first-order valence-electron chi connectivity index (χ1n) is 12.5. The van der Waals surface area contributed by atoms with E-state index in [-0.39, 0.29) is 10.8 Å². The van der Waals surface area contributed by atoms with Crippen molar-refractivity contribution in [2.75, 3.05) is 6.61 Å².